The summed E-state index contributed by atoms with van der Waals surface area (Å²) < 4.78 is 0. The normalized spacial score (nSPS) is 11.6. The number of nitrogens with zero attached hydrogens (tertiary/aromatic N) is 1. The first kappa shape index (κ1) is 22.8. The molecule has 1 unspecified atom stereocenters. The third kappa shape index (κ3) is 6.09. The van der Waals surface area contributed by atoms with Gasteiger partial charge in [0, 0.05) is 27.1 Å². The van der Waals surface area contributed by atoms with Gasteiger partial charge in [-0.2, -0.15) is 0 Å². The molecule has 33 heavy (non-hydrogen) atoms. The Balaban J connectivity index is 1.32. The third-order valence-electron chi connectivity index (χ3n) is 4.88. The van der Waals surface area contributed by atoms with Gasteiger partial charge < -0.3 is 10.6 Å². The maximum Gasteiger partial charge on any atom is 0.255 e. The van der Waals surface area contributed by atoms with Gasteiger partial charge in [-0.15, -0.1) is 23.1 Å². The minimum Gasteiger partial charge on any atom is -0.322 e. The second-order valence-corrected chi connectivity index (χ2v) is 9.77. The van der Waals surface area contributed by atoms with E-state index in [-0.39, 0.29) is 17.1 Å². The van der Waals surface area contributed by atoms with Crippen molar-refractivity contribution in [2.24, 2.45) is 0 Å². The van der Waals surface area contributed by atoms with E-state index in [4.69, 9.17) is 0 Å². The summed E-state index contributed by atoms with van der Waals surface area (Å²) in [6.07, 6.45) is 0. The topological polar surface area (TPSA) is 71.1 Å². The number of thioether (sulfide) groups is 1. The molecule has 0 aliphatic rings. The number of aryl methyl sites for hydroxylation is 1. The first-order valence-corrected chi connectivity index (χ1v) is 12.2. The van der Waals surface area contributed by atoms with E-state index in [0.717, 1.165) is 21.7 Å². The summed E-state index contributed by atoms with van der Waals surface area (Å²) in [6, 6.07) is 24.8. The Morgan fingerprint density at radius 1 is 0.939 bits per heavy atom. The number of carbonyl (C=O) groups excluding carboxylic acids is 2. The Labute approximate surface area is 201 Å². The number of hydrogen-bond donors (Lipinski definition) is 2. The predicted molar refractivity (Wildman–Crippen MR) is 137 cm³/mol. The number of carbonyl (C=O) groups is 2. The van der Waals surface area contributed by atoms with Crippen molar-refractivity contribution >= 4 is 45.7 Å². The van der Waals surface area contributed by atoms with Crippen molar-refractivity contribution in [2.75, 3.05) is 10.6 Å². The van der Waals surface area contributed by atoms with Crippen LogP contribution in [0.3, 0.4) is 0 Å². The molecule has 0 saturated heterocycles. The monoisotopic (exact) mass is 473 g/mol. The molecule has 2 N–H and O–H groups in total. The summed E-state index contributed by atoms with van der Waals surface area (Å²) >= 11 is 2.86. The Kier molecular flexibility index (Phi) is 7.22. The lowest BCUT2D eigenvalue weighted by Gasteiger charge is -2.11. The summed E-state index contributed by atoms with van der Waals surface area (Å²) in [7, 11) is 0. The van der Waals surface area contributed by atoms with E-state index in [1.54, 1.807) is 6.07 Å². The van der Waals surface area contributed by atoms with E-state index in [2.05, 4.69) is 15.6 Å². The fourth-order valence-corrected chi connectivity index (χ4v) is 4.73. The van der Waals surface area contributed by atoms with Crippen LogP contribution in [0.15, 0.2) is 89.1 Å². The van der Waals surface area contributed by atoms with Crippen LogP contribution in [0, 0.1) is 6.92 Å². The fraction of sp³-hybridized carbons (Fsp3) is 0.115. The molecule has 5 nitrogen and oxygen atoms in total. The minimum atomic E-state index is -0.304. The zero-order chi connectivity index (χ0) is 23.2. The summed E-state index contributed by atoms with van der Waals surface area (Å²) in [4.78, 5) is 30.5. The van der Waals surface area contributed by atoms with E-state index in [1.165, 1.54) is 23.1 Å². The number of anilines is 2. The zero-order valence-corrected chi connectivity index (χ0v) is 19.9. The van der Waals surface area contributed by atoms with E-state index in [0.29, 0.717) is 16.4 Å². The van der Waals surface area contributed by atoms with Crippen LogP contribution in [0.4, 0.5) is 10.8 Å². The van der Waals surface area contributed by atoms with Crippen molar-refractivity contribution in [1.29, 1.82) is 0 Å². The maximum absolute atomic E-state index is 12.6. The van der Waals surface area contributed by atoms with E-state index in [1.807, 2.05) is 92.0 Å². The number of nitrogens with one attached hydrogen (secondary N) is 2. The lowest BCUT2D eigenvalue weighted by Crippen LogP contribution is -2.22. The fourth-order valence-electron chi connectivity index (χ4n) is 3.14. The van der Waals surface area contributed by atoms with Crippen molar-refractivity contribution in [3.8, 4) is 11.3 Å². The van der Waals surface area contributed by atoms with E-state index >= 15 is 0 Å². The van der Waals surface area contributed by atoms with Gasteiger partial charge in [-0.25, -0.2) is 4.98 Å². The molecule has 1 atom stereocenters. The van der Waals surface area contributed by atoms with Gasteiger partial charge in [-0.1, -0.05) is 48.0 Å². The Bertz CT molecular complexity index is 1250. The van der Waals surface area contributed by atoms with Crippen LogP contribution in [-0.4, -0.2) is 22.0 Å². The molecular formula is C26H23N3O2S2. The zero-order valence-electron chi connectivity index (χ0n) is 18.2. The summed E-state index contributed by atoms with van der Waals surface area (Å²) in [5, 5.41) is 8.02. The van der Waals surface area contributed by atoms with Crippen molar-refractivity contribution in [3.63, 3.8) is 0 Å². The number of thiazole rings is 1. The second-order valence-electron chi connectivity index (χ2n) is 7.50. The van der Waals surface area contributed by atoms with Gasteiger partial charge >= 0.3 is 0 Å². The molecule has 4 rings (SSSR count). The van der Waals surface area contributed by atoms with Gasteiger partial charge in [0.1, 0.15) is 0 Å². The average molecular weight is 474 g/mol. The molecule has 0 saturated carbocycles. The quantitative estimate of drug-likeness (QED) is 0.301. The Morgan fingerprint density at radius 3 is 2.42 bits per heavy atom. The van der Waals surface area contributed by atoms with Crippen LogP contribution in [0.1, 0.15) is 22.8 Å². The van der Waals surface area contributed by atoms with Crippen LogP contribution in [0.25, 0.3) is 11.3 Å². The molecule has 0 aliphatic heterocycles. The maximum atomic E-state index is 12.6. The predicted octanol–water partition coefficient (Wildman–Crippen LogP) is 6.49. The summed E-state index contributed by atoms with van der Waals surface area (Å²) in [5.74, 6) is -0.254. The van der Waals surface area contributed by atoms with Crippen molar-refractivity contribution in [2.45, 2.75) is 24.0 Å². The van der Waals surface area contributed by atoms with Gasteiger partial charge in [0.2, 0.25) is 5.91 Å². The van der Waals surface area contributed by atoms with Crippen LogP contribution >= 0.6 is 23.1 Å². The average Bonchev–Trinajstić information content (AvgIpc) is 3.29. The number of benzene rings is 3. The van der Waals surface area contributed by atoms with Crippen molar-refractivity contribution in [1.82, 2.24) is 4.98 Å². The van der Waals surface area contributed by atoms with E-state index in [9.17, 15) is 9.59 Å². The molecule has 0 bridgehead atoms. The van der Waals surface area contributed by atoms with Crippen molar-refractivity contribution in [3.05, 3.63) is 95.4 Å². The molecule has 166 valence electrons. The molecule has 3 aromatic carbocycles. The van der Waals surface area contributed by atoms with Crippen LogP contribution in [0.2, 0.25) is 0 Å². The van der Waals surface area contributed by atoms with Gasteiger partial charge in [0.15, 0.2) is 5.13 Å². The van der Waals surface area contributed by atoms with E-state index < -0.39 is 0 Å². The SMILES string of the molecule is Cc1cccc(C(=O)Nc2ccc(SC(C)C(=O)Nc3nc(-c4ccccc4)cs3)cc2)c1. The number of amides is 2. The van der Waals surface area contributed by atoms with Gasteiger partial charge in [0.25, 0.3) is 5.91 Å². The highest BCUT2D eigenvalue weighted by molar-refractivity contribution is 8.00. The Hall–Kier alpha value is -3.42. The standard InChI is InChI=1S/C26H23N3O2S2/c1-17-7-6-10-20(15-17)25(31)27-21-11-13-22(14-12-21)33-18(2)24(30)29-26-28-23(16-32-26)19-8-4-3-5-9-19/h3-16,18H,1-2H3,(H,27,31)(H,28,29,30). The molecule has 0 radical (unpaired) electrons. The highest BCUT2D eigenvalue weighted by Gasteiger charge is 2.16. The molecule has 1 heterocycles. The molecule has 0 fully saturated rings. The molecule has 0 spiro atoms. The largest absolute Gasteiger partial charge is 0.322 e. The first-order chi connectivity index (χ1) is 16.0. The molecular weight excluding hydrogens is 450 g/mol. The summed E-state index contributed by atoms with van der Waals surface area (Å²) in [6.45, 7) is 3.82. The second kappa shape index (κ2) is 10.5. The van der Waals surface area contributed by atoms with Crippen LogP contribution in [-0.2, 0) is 4.79 Å². The Morgan fingerprint density at radius 2 is 1.70 bits per heavy atom. The minimum absolute atomic E-state index is 0.106. The molecule has 2 amide bonds. The van der Waals surface area contributed by atoms with Gasteiger partial charge in [-0.05, 0) is 50.2 Å². The number of hydrogen-bond acceptors (Lipinski definition) is 5. The molecule has 0 aliphatic carbocycles. The number of aromatic nitrogens is 1. The molecule has 1 aromatic heterocycles. The molecule has 4 aromatic rings. The highest BCUT2D eigenvalue weighted by atomic mass is 32.2. The lowest BCUT2D eigenvalue weighted by atomic mass is 10.1. The van der Waals surface area contributed by atoms with Crippen molar-refractivity contribution < 1.29 is 9.59 Å². The third-order valence-corrected chi connectivity index (χ3v) is 6.75. The summed E-state index contributed by atoms with van der Waals surface area (Å²) in [5.41, 5.74) is 4.23. The molecule has 7 heteroatoms. The lowest BCUT2D eigenvalue weighted by molar-refractivity contribution is -0.115. The van der Waals surface area contributed by atoms with Gasteiger partial charge in [0.05, 0.1) is 10.9 Å². The smallest absolute Gasteiger partial charge is 0.255 e. The van der Waals surface area contributed by atoms with Crippen LogP contribution < -0.4 is 10.6 Å². The number of rotatable bonds is 7. The van der Waals surface area contributed by atoms with Crippen LogP contribution in [0.5, 0.6) is 0 Å². The first-order valence-electron chi connectivity index (χ1n) is 10.4. The highest BCUT2D eigenvalue weighted by Crippen LogP contribution is 2.28. The van der Waals surface area contributed by atoms with Gasteiger partial charge in [-0.3, -0.25) is 9.59 Å².